The Labute approximate surface area is 201 Å². The SMILES string of the molecule is CC1=C(Br)C2=NCCN2C(N2CCC3(CC2)Cc2ncccc2[C@H]3N[S+]([O-])C(C)(C)C)=N1. The number of aromatic nitrogens is 1. The van der Waals surface area contributed by atoms with Crippen molar-refractivity contribution < 1.29 is 4.55 Å². The van der Waals surface area contributed by atoms with Crippen LogP contribution in [0.15, 0.2) is 38.5 Å². The molecule has 4 aliphatic rings. The quantitative estimate of drug-likeness (QED) is 0.605. The lowest BCUT2D eigenvalue weighted by atomic mass is 9.73. The number of amidine groups is 1. The number of pyridine rings is 1. The first-order valence-electron chi connectivity index (χ1n) is 11.3. The zero-order valence-corrected chi connectivity index (χ0v) is 21.6. The fraction of sp³-hybridized carbons (Fsp3) is 0.609. The van der Waals surface area contributed by atoms with Crippen molar-refractivity contribution in [2.24, 2.45) is 15.4 Å². The molecule has 172 valence electrons. The lowest BCUT2D eigenvalue weighted by Crippen LogP contribution is -2.54. The zero-order chi connectivity index (χ0) is 22.7. The minimum Gasteiger partial charge on any atom is -0.598 e. The molecular weight excluding hydrogens is 488 g/mol. The summed E-state index contributed by atoms with van der Waals surface area (Å²) in [5.74, 6) is 2.03. The highest BCUT2D eigenvalue weighted by atomic mass is 79.9. The third-order valence-corrected chi connectivity index (χ3v) is 9.55. The van der Waals surface area contributed by atoms with E-state index in [1.807, 2.05) is 40.0 Å². The lowest BCUT2D eigenvalue weighted by molar-refractivity contribution is 0.115. The van der Waals surface area contributed by atoms with Crippen molar-refractivity contribution >= 4 is 39.1 Å². The molecule has 1 N–H and O–H groups in total. The van der Waals surface area contributed by atoms with Crippen LogP contribution >= 0.6 is 15.9 Å². The Kier molecular flexibility index (Phi) is 5.67. The van der Waals surface area contributed by atoms with Crippen LogP contribution in [0.5, 0.6) is 0 Å². The lowest BCUT2D eigenvalue weighted by Gasteiger charge is -2.46. The van der Waals surface area contributed by atoms with Crippen LogP contribution in [0.25, 0.3) is 0 Å². The third kappa shape index (κ3) is 3.71. The summed E-state index contributed by atoms with van der Waals surface area (Å²) in [7, 11) is 0. The molecule has 32 heavy (non-hydrogen) atoms. The zero-order valence-electron chi connectivity index (χ0n) is 19.2. The second-order valence-corrected chi connectivity index (χ2v) is 13.0. The molecule has 5 rings (SSSR count). The van der Waals surface area contributed by atoms with Crippen LogP contribution in [0.1, 0.15) is 57.8 Å². The second kappa shape index (κ2) is 8.11. The van der Waals surface area contributed by atoms with Crippen molar-refractivity contribution in [3.63, 3.8) is 0 Å². The summed E-state index contributed by atoms with van der Waals surface area (Å²) >= 11 is 2.52. The van der Waals surface area contributed by atoms with Gasteiger partial charge in [-0.3, -0.25) is 14.9 Å². The minimum atomic E-state index is -1.14. The summed E-state index contributed by atoms with van der Waals surface area (Å²) in [5, 5.41) is 0. The Morgan fingerprint density at radius 2 is 2.00 bits per heavy atom. The Bertz CT molecular complexity index is 1010. The van der Waals surface area contributed by atoms with Crippen molar-refractivity contribution in [2.75, 3.05) is 26.2 Å². The van der Waals surface area contributed by atoms with E-state index in [2.05, 4.69) is 46.5 Å². The minimum absolute atomic E-state index is 0.0245. The molecule has 0 aromatic carbocycles. The predicted octanol–water partition coefficient (Wildman–Crippen LogP) is 3.52. The summed E-state index contributed by atoms with van der Waals surface area (Å²) < 4.78 is 17.3. The highest BCUT2D eigenvalue weighted by Gasteiger charge is 2.51. The van der Waals surface area contributed by atoms with Gasteiger partial charge in [0, 0.05) is 48.3 Å². The predicted molar refractivity (Wildman–Crippen MR) is 133 cm³/mol. The molecule has 1 aromatic heterocycles. The van der Waals surface area contributed by atoms with Gasteiger partial charge >= 0.3 is 0 Å². The first-order valence-corrected chi connectivity index (χ1v) is 13.3. The molecule has 7 nitrogen and oxygen atoms in total. The van der Waals surface area contributed by atoms with Crippen molar-refractivity contribution in [3.8, 4) is 0 Å². The third-order valence-electron chi connectivity index (χ3n) is 7.06. The smallest absolute Gasteiger partial charge is 0.207 e. The van der Waals surface area contributed by atoms with Gasteiger partial charge in [-0.2, -0.15) is 0 Å². The van der Waals surface area contributed by atoms with Gasteiger partial charge in [0.25, 0.3) is 0 Å². The molecular formula is C23H31BrN6OS. The molecule has 3 aliphatic heterocycles. The maximum absolute atomic E-state index is 13.1. The van der Waals surface area contributed by atoms with E-state index >= 15 is 0 Å². The summed E-state index contributed by atoms with van der Waals surface area (Å²) in [6.07, 6.45) is 4.82. The van der Waals surface area contributed by atoms with Crippen LogP contribution in [0.3, 0.4) is 0 Å². The van der Waals surface area contributed by atoms with Crippen LogP contribution in [-0.2, 0) is 17.8 Å². The average Bonchev–Trinajstić information content (AvgIpc) is 3.35. The molecule has 1 unspecified atom stereocenters. The standard InChI is InChI=1S/C23H31BrN6OS/c1-15-18(24)20-26-10-13-30(20)21(27-15)29-11-7-23(8-12-29)14-17-16(6-5-9-25-17)19(23)28-32(31)22(2,3)4/h5-6,9,19,28H,7-8,10-14H2,1-4H3/t19-,32?/m1/s1. The summed E-state index contributed by atoms with van der Waals surface area (Å²) in [6.45, 7) is 11.6. The van der Waals surface area contributed by atoms with E-state index in [0.29, 0.717) is 0 Å². The first-order chi connectivity index (χ1) is 15.2. The average molecular weight is 520 g/mol. The van der Waals surface area contributed by atoms with Crippen LogP contribution in [-0.4, -0.2) is 62.1 Å². The van der Waals surface area contributed by atoms with Gasteiger partial charge in [-0.05, 0) is 74.5 Å². The highest BCUT2D eigenvalue weighted by molar-refractivity contribution is 9.12. The Morgan fingerprint density at radius 1 is 1.25 bits per heavy atom. The molecule has 0 radical (unpaired) electrons. The summed E-state index contributed by atoms with van der Waals surface area (Å²) in [6, 6.07) is 4.21. The van der Waals surface area contributed by atoms with Gasteiger partial charge in [0.1, 0.15) is 10.6 Å². The number of nitrogens with one attached hydrogen (secondary N) is 1. The number of likely N-dealkylation sites (tertiary alicyclic amines) is 1. The fourth-order valence-corrected chi connectivity index (χ4v) is 6.58. The number of hydrogen-bond acceptors (Lipinski definition) is 7. The van der Waals surface area contributed by atoms with Crippen molar-refractivity contribution in [3.05, 3.63) is 39.8 Å². The topological polar surface area (TPSA) is 79.2 Å². The summed E-state index contributed by atoms with van der Waals surface area (Å²) in [5.41, 5.74) is 3.37. The number of halogens is 1. The normalized spacial score (nSPS) is 25.6. The molecule has 0 amide bonds. The van der Waals surface area contributed by atoms with E-state index < -0.39 is 11.4 Å². The fourth-order valence-electron chi connectivity index (χ4n) is 5.21. The molecule has 1 fully saturated rings. The van der Waals surface area contributed by atoms with Crippen LogP contribution in [0.4, 0.5) is 0 Å². The molecule has 9 heteroatoms. The molecule has 0 saturated carbocycles. The molecule has 1 aromatic rings. The summed E-state index contributed by atoms with van der Waals surface area (Å²) in [4.78, 5) is 18.9. The van der Waals surface area contributed by atoms with Crippen LogP contribution < -0.4 is 4.72 Å². The number of aliphatic imine (C=N–C) groups is 2. The van der Waals surface area contributed by atoms with Crippen LogP contribution in [0.2, 0.25) is 0 Å². The van der Waals surface area contributed by atoms with E-state index in [4.69, 9.17) is 4.99 Å². The Balaban J connectivity index is 1.39. The van der Waals surface area contributed by atoms with Gasteiger partial charge in [-0.25, -0.2) is 4.99 Å². The molecule has 1 aliphatic carbocycles. The molecule has 2 atom stereocenters. The second-order valence-electron chi connectivity index (χ2n) is 10.2. The number of guanidine groups is 1. The van der Waals surface area contributed by atoms with E-state index in [0.717, 1.165) is 73.1 Å². The molecule has 1 spiro atoms. The van der Waals surface area contributed by atoms with E-state index in [1.54, 1.807) is 0 Å². The Hall–Kier alpha value is -1.42. The monoisotopic (exact) mass is 518 g/mol. The number of hydrogen-bond donors (Lipinski definition) is 1. The van der Waals surface area contributed by atoms with Gasteiger partial charge in [0.15, 0.2) is 0 Å². The van der Waals surface area contributed by atoms with Gasteiger partial charge in [-0.15, -0.1) is 4.72 Å². The first kappa shape index (κ1) is 22.4. The molecule has 4 heterocycles. The maximum atomic E-state index is 13.1. The molecule has 0 bridgehead atoms. The maximum Gasteiger partial charge on any atom is 0.207 e. The van der Waals surface area contributed by atoms with Crippen LogP contribution in [0, 0.1) is 5.41 Å². The number of fused-ring (bicyclic) bond motifs is 2. The van der Waals surface area contributed by atoms with Crippen molar-refractivity contribution in [1.82, 2.24) is 19.5 Å². The van der Waals surface area contributed by atoms with Crippen molar-refractivity contribution in [1.29, 1.82) is 0 Å². The Morgan fingerprint density at radius 3 is 2.72 bits per heavy atom. The van der Waals surface area contributed by atoms with Crippen molar-refractivity contribution in [2.45, 2.75) is 57.7 Å². The number of piperidine rings is 1. The van der Waals surface area contributed by atoms with E-state index in [1.165, 1.54) is 5.56 Å². The van der Waals surface area contributed by atoms with Gasteiger partial charge < -0.3 is 9.45 Å². The van der Waals surface area contributed by atoms with E-state index in [-0.39, 0.29) is 16.2 Å². The van der Waals surface area contributed by atoms with Gasteiger partial charge in [0.05, 0.1) is 22.8 Å². The number of allylic oxidation sites excluding steroid dienone is 1. The number of rotatable bonds is 2. The van der Waals surface area contributed by atoms with Gasteiger partial charge in [-0.1, -0.05) is 6.07 Å². The largest absolute Gasteiger partial charge is 0.598 e. The van der Waals surface area contributed by atoms with Gasteiger partial charge in [0.2, 0.25) is 5.96 Å². The van der Waals surface area contributed by atoms with E-state index in [9.17, 15) is 4.55 Å². The molecule has 1 saturated heterocycles. The highest BCUT2D eigenvalue weighted by Crippen LogP contribution is 2.52. The number of nitrogens with zero attached hydrogens (tertiary/aromatic N) is 5.